The van der Waals surface area contributed by atoms with E-state index in [4.69, 9.17) is 19.3 Å². The number of aliphatic hydroxyl groups excluding tert-OH is 1. The standard InChI is InChI=1S/C19H31NO5/c1-6-15(20-18(22)25-19(2,3)4)9-7-14-8-10-16(23-5)13-17(14)24-12-11-21/h8,10,13,15,21H,6-7,9,11-12H2,1-5H3,(H,20,22)/t15-/m0/s1. The molecule has 0 bridgehead atoms. The topological polar surface area (TPSA) is 77.0 Å². The van der Waals surface area contributed by atoms with Crippen molar-refractivity contribution >= 4 is 6.09 Å². The second-order valence-electron chi connectivity index (χ2n) is 6.84. The van der Waals surface area contributed by atoms with Gasteiger partial charge in [-0.25, -0.2) is 4.79 Å². The molecule has 0 aliphatic carbocycles. The van der Waals surface area contributed by atoms with Gasteiger partial charge in [-0.05, 0) is 51.7 Å². The number of nitrogens with one attached hydrogen (secondary N) is 1. The van der Waals surface area contributed by atoms with Gasteiger partial charge in [0.15, 0.2) is 0 Å². The van der Waals surface area contributed by atoms with Crippen LogP contribution in [0, 0.1) is 0 Å². The Hall–Kier alpha value is -1.95. The third-order valence-electron chi connectivity index (χ3n) is 3.60. The van der Waals surface area contributed by atoms with Crippen molar-refractivity contribution in [2.24, 2.45) is 0 Å². The number of methoxy groups -OCH3 is 1. The molecule has 0 aliphatic heterocycles. The van der Waals surface area contributed by atoms with Crippen molar-refractivity contribution in [3.63, 3.8) is 0 Å². The van der Waals surface area contributed by atoms with Gasteiger partial charge >= 0.3 is 6.09 Å². The summed E-state index contributed by atoms with van der Waals surface area (Å²) in [5.74, 6) is 1.40. The average Bonchev–Trinajstić information content (AvgIpc) is 2.55. The molecule has 0 radical (unpaired) electrons. The van der Waals surface area contributed by atoms with Crippen molar-refractivity contribution in [2.45, 2.75) is 58.6 Å². The molecule has 0 spiro atoms. The zero-order chi connectivity index (χ0) is 18.9. The highest BCUT2D eigenvalue weighted by atomic mass is 16.6. The molecule has 0 aliphatic rings. The summed E-state index contributed by atoms with van der Waals surface area (Å²) in [4.78, 5) is 11.9. The van der Waals surface area contributed by atoms with Gasteiger partial charge in [0, 0.05) is 12.1 Å². The monoisotopic (exact) mass is 353 g/mol. The fourth-order valence-electron chi connectivity index (χ4n) is 2.34. The number of benzene rings is 1. The van der Waals surface area contributed by atoms with Crippen molar-refractivity contribution in [2.75, 3.05) is 20.3 Å². The molecule has 142 valence electrons. The summed E-state index contributed by atoms with van der Waals surface area (Å²) in [6.07, 6.45) is 1.91. The lowest BCUT2D eigenvalue weighted by atomic mass is 10.0. The van der Waals surface area contributed by atoms with Crippen molar-refractivity contribution < 1.29 is 24.1 Å². The van der Waals surface area contributed by atoms with E-state index in [-0.39, 0.29) is 19.3 Å². The van der Waals surface area contributed by atoms with E-state index in [1.54, 1.807) is 7.11 Å². The van der Waals surface area contributed by atoms with Crippen LogP contribution >= 0.6 is 0 Å². The van der Waals surface area contributed by atoms with Gasteiger partial charge in [0.1, 0.15) is 23.7 Å². The molecule has 0 saturated heterocycles. The molecule has 1 atom stereocenters. The number of alkyl carbamates (subject to hydrolysis) is 1. The van der Waals surface area contributed by atoms with Crippen LogP contribution in [0.15, 0.2) is 18.2 Å². The Kier molecular flexibility index (Phi) is 8.55. The van der Waals surface area contributed by atoms with E-state index in [0.717, 1.165) is 24.8 Å². The number of hydrogen-bond acceptors (Lipinski definition) is 5. The van der Waals surface area contributed by atoms with E-state index in [0.29, 0.717) is 11.5 Å². The van der Waals surface area contributed by atoms with Crippen molar-refractivity contribution in [1.29, 1.82) is 0 Å². The van der Waals surface area contributed by atoms with Crippen molar-refractivity contribution in [3.8, 4) is 11.5 Å². The molecule has 25 heavy (non-hydrogen) atoms. The number of ether oxygens (including phenoxy) is 3. The Labute approximate surface area is 150 Å². The van der Waals surface area contributed by atoms with Gasteiger partial charge < -0.3 is 24.6 Å². The molecule has 2 N–H and O–H groups in total. The van der Waals surface area contributed by atoms with E-state index < -0.39 is 11.7 Å². The molecular formula is C19H31NO5. The maximum atomic E-state index is 11.9. The Bertz CT molecular complexity index is 539. The molecule has 0 aromatic heterocycles. The molecule has 0 heterocycles. The SMILES string of the molecule is CC[C@@H](CCc1ccc(OC)cc1OCCO)NC(=O)OC(C)(C)C. The number of carbonyl (C=O) groups is 1. The van der Waals surface area contributed by atoms with Crippen LogP contribution in [0.2, 0.25) is 0 Å². The van der Waals surface area contributed by atoms with Crippen LogP contribution < -0.4 is 14.8 Å². The Morgan fingerprint density at radius 2 is 2.04 bits per heavy atom. The molecular weight excluding hydrogens is 322 g/mol. The van der Waals surface area contributed by atoms with E-state index in [2.05, 4.69) is 5.32 Å². The summed E-state index contributed by atoms with van der Waals surface area (Å²) in [6.45, 7) is 7.74. The Morgan fingerprint density at radius 3 is 2.60 bits per heavy atom. The number of aryl methyl sites for hydroxylation is 1. The second kappa shape index (κ2) is 10.1. The molecule has 1 aromatic carbocycles. The molecule has 6 heteroatoms. The average molecular weight is 353 g/mol. The van der Waals surface area contributed by atoms with Crippen LogP contribution in [0.3, 0.4) is 0 Å². The first-order valence-electron chi connectivity index (χ1n) is 8.69. The molecule has 1 aromatic rings. The highest BCUT2D eigenvalue weighted by Gasteiger charge is 2.19. The zero-order valence-corrected chi connectivity index (χ0v) is 15.9. The van der Waals surface area contributed by atoms with Gasteiger partial charge in [-0.2, -0.15) is 0 Å². The fraction of sp³-hybridized carbons (Fsp3) is 0.632. The van der Waals surface area contributed by atoms with Gasteiger partial charge in [0.05, 0.1) is 13.7 Å². The van der Waals surface area contributed by atoms with Crippen molar-refractivity contribution in [3.05, 3.63) is 23.8 Å². The number of rotatable bonds is 9. The van der Waals surface area contributed by atoms with Crippen molar-refractivity contribution in [1.82, 2.24) is 5.32 Å². The van der Waals surface area contributed by atoms with Gasteiger partial charge in [-0.15, -0.1) is 0 Å². The number of aliphatic hydroxyl groups is 1. The summed E-state index contributed by atoms with van der Waals surface area (Å²) in [5, 5.41) is 11.9. The Balaban J connectivity index is 2.68. The van der Waals surface area contributed by atoms with Crippen LogP contribution in [0.25, 0.3) is 0 Å². The van der Waals surface area contributed by atoms with Crippen LogP contribution in [-0.4, -0.2) is 43.2 Å². The minimum absolute atomic E-state index is 0.0163. The van der Waals surface area contributed by atoms with Gasteiger partial charge in [0.2, 0.25) is 0 Å². The lowest BCUT2D eigenvalue weighted by Crippen LogP contribution is -2.39. The molecule has 0 saturated carbocycles. The van der Waals surface area contributed by atoms with E-state index in [1.807, 2.05) is 45.9 Å². The first-order valence-corrected chi connectivity index (χ1v) is 8.69. The lowest BCUT2D eigenvalue weighted by Gasteiger charge is -2.23. The van der Waals surface area contributed by atoms with Gasteiger partial charge in [-0.1, -0.05) is 13.0 Å². The lowest BCUT2D eigenvalue weighted by molar-refractivity contribution is 0.0500. The maximum absolute atomic E-state index is 11.9. The molecule has 1 amide bonds. The minimum Gasteiger partial charge on any atom is -0.497 e. The fourth-order valence-corrected chi connectivity index (χ4v) is 2.34. The summed E-state index contributed by atoms with van der Waals surface area (Å²) >= 11 is 0. The first-order chi connectivity index (χ1) is 11.8. The van der Waals surface area contributed by atoms with Gasteiger partial charge in [-0.3, -0.25) is 0 Å². The first kappa shape index (κ1) is 21.1. The highest BCUT2D eigenvalue weighted by Crippen LogP contribution is 2.26. The summed E-state index contributed by atoms with van der Waals surface area (Å²) in [6, 6.07) is 5.66. The van der Waals surface area contributed by atoms with Gasteiger partial charge in [0.25, 0.3) is 0 Å². The smallest absolute Gasteiger partial charge is 0.407 e. The summed E-state index contributed by atoms with van der Waals surface area (Å²) in [5.41, 5.74) is 0.502. The van der Waals surface area contributed by atoms with Crippen LogP contribution in [0.4, 0.5) is 4.79 Å². The predicted octanol–water partition coefficient (Wildman–Crippen LogP) is 3.30. The molecule has 0 fully saturated rings. The largest absolute Gasteiger partial charge is 0.497 e. The minimum atomic E-state index is -0.510. The van der Waals surface area contributed by atoms with E-state index in [1.165, 1.54) is 0 Å². The summed E-state index contributed by atoms with van der Waals surface area (Å²) in [7, 11) is 1.60. The van der Waals surface area contributed by atoms with Crippen LogP contribution in [0.1, 0.15) is 46.1 Å². The third kappa shape index (κ3) is 8.12. The Morgan fingerprint density at radius 1 is 1.32 bits per heavy atom. The number of hydrogen-bond donors (Lipinski definition) is 2. The third-order valence-corrected chi connectivity index (χ3v) is 3.60. The molecule has 6 nitrogen and oxygen atoms in total. The predicted molar refractivity (Wildman–Crippen MR) is 97.3 cm³/mol. The summed E-state index contributed by atoms with van der Waals surface area (Å²) < 4.78 is 16.1. The zero-order valence-electron chi connectivity index (χ0n) is 15.9. The van der Waals surface area contributed by atoms with Crippen LogP contribution in [-0.2, 0) is 11.2 Å². The highest BCUT2D eigenvalue weighted by molar-refractivity contribution is 5.68. The van der Waals surface area contributed by atoms with E-state index >= 15 is 0 Å². The van der Waals surface area contributed by atoms with Crippen LogP contribution in [0.5, 0.6) is 11.5 Å². The quantitative estimate of drug-likeness (QED) is 0.712. The molecule has 1 rings (SSSR count). The second-order valence-corrected chi connectivity index (χ2v) is 6.84. The maximum Gasteiger partial charge on any atom is 0.407 e. The number of amides is 1. The number of carbonyl (C=O) groups excluding carboxylic acids is 1. The molecule has 0 unspecified atom stereocenters. The normalized spacial score (nSPS) is 12.4. The van der Waals surface area contributed by atoms with E-state index in [9.17, 15) is 4.79 Å².